The lowest BCUT2D eigenvalue weighted by molar-refractivity contribution is -0.143. The summed E-state index contributed by atoms with van der Waals surface area (Å²) in [5.41, 5.74) is 2.97. The quantitative estimate of drug-likeness (QED) is 0.253. The van der Waals surface area contributed by atoms with Gasteiger partial charge in [0.15, 0.2) is 0 Å². The van der Waals surface area contributed by atoms with E-state index in [4.69, 9.17) is 13.6 Å². The van der Waals surface area contributed by atoms with Crippen LogP contribution >= 0.6 is 0 Å². The third-order valence-corrected chi connectivity index (χ3v) is 19.5. The molecule has 0 amide bonds. The normalized spacial score (nSPS) is 21.5. The van der Waals surface area contributed by atoms with Gasteiger partial charge in [-0.3, -0.25) is 4.79 Å². The van der Waals surface area contributed by atoms with E-state index >= 15 is 0 Å². The molecule has 0 aliphatic carbocycles. The Morgan fingerprint density at radius 1 is 0.759 bits per heavy atom. The molecule has 29 heavy (non-hydrogen) atoms. The van der Waals surface area contributed by atoms with Gasteiger partial charge in [0.2, 0.25) is 16.6 Å². The van der Waals surface area contributed by atoms with E-state index < -0.39 is 16.6 Å². The highest BCUT2D eigenvalue weighted by molar-refractivity contribution is 6.78. The molecule has 1 saturated heterocycles. The summed E-state index contributed by atoms with van der Waals surface area (Å²) in [6, 6.07) is 0. The Labute approximate surface area is 182 Å². The molecule has 0 N–H and O–H groups in total. The minimum atomic E-state index is -2.08. The number of hydrogen-bond donors (Lipinski definition) is 0. The van der Waals surface area contributed by atoms with Crippen molar-refractivity contribution in [3.8, 4) is 0 Å². The van der Waals surface area contributed by atoms with Gasteiger partial charge in [-0.1, -0.05) is 83.1 Å². The number of ether oxygens (including phenoxy) is 1. The Morgan fingerprint density at radius 3 is 1.48 bits per heavy atom. The molecule has 172 valence electrons. The highest BCUT2D eigenvalue weighted by Gasteiger charge is 2.51. The van der Waals surface area contributed by atoms with E-state index in [1.165, 1.54) is 0 Å². The first-order chi connectivity index (χ1) is 13.2. The van der Waals surface area contributed by atoms with E-state index in [9.17, 15) is 4.79 Å². The maximum Gasteiger partial charge on any atom is 0.308 e. The summed E-state index contributed by atoms with van der Waals surface area (Å²) in [7, 11) is -4.09. The van der Waals surface area contributed by atoms with Crippen LogP contribution in [-0.4, -0.2) is 41.4 Å². The Morgan fingerprint density at radius 2 is 1.14 bits per heavy atom. The zero-order valence-corrected chi connectivity index (χ0v) is 23.2. The molecule has 0 aromatic carbocycles. The third-order valence-electron chi connectivity index (χ3n) is 7.33. The Bertz CT molecular complexity index is 485. The van der Waals surface area contributed by atoms with Gasteiger partial charge in [0.25, 0.3) is 0 Å². The first-order valence-corrected chi connectivity index (χ1v) is 16.0. The van der Waals surface area contributed by atoms with Crippen LogP contribution in [0, 0.1) is 0 Å². The van der Waals surface area contributed by atoms with Gasteiger partial charge in [0, 0.05) is 0 Å². The molecule has 2 atom stereocenters. The SMILES string of the molecule is CC(C)[Si](OC[C@@H]1OC(=O)C[C@H]1O[Si](C(C)C)(C(C)C)C(C)C)(C(C)C)C(C)C. The first-order valence-electron chi connectivity index (χ1n) is 11.7. The minimum absolute atomic E-state index is 0.145. The van der Waals surface area contributed by atoms with E-state index in [1.54, 1.807) is 0 Å². The van der Waals surface area contributed by atoms with Gasteiger partial charge < -0.3 is 13.6 Å². The van der Waals surface area contributed by atoms with Gasteiger partial charge >= 0.3 is 5.97 Å². The Balaban J connectivity index is 3.11. The molecule has 1 fully saturated rings. The number of carbonyl (C=O) groups excluding carboxylic acids is 1. The van der Waals surface area contributed by atoms with Crippen LogP contribution in [0.3, 0.4) is 0 Å². The second-order valence-corrected chi connectivity index (χ2v) is 21.7. The van der Waals surface area contributed by atoms with Crippen LogP contribution in [0.5, 0.6) is 0 Å². The van der Waals surface area contributed by atoms with Crippen molar-refractivity contribution in [2.75, 3.05) is 6.61 Å². The van der Waals surface area contributed by atoms with Crippen LogP contribution in [0.1, 0.15) is 89.5 Å². The second-order valence-electron chi connectivity index (χ2n) is 10.8. The topological polar surface area (TPSA) is 44.8 Å². The molecule has 0 bridgehead atoms. The van der Waals surface area contributed by atoms with Crippen molar-refractivity contribution in [1.29, 1.82) is 0 Å². The molecule has 4 nitrogen and oxygen atoms in total. The van der Waals surface area contributed by atoms with Gasteiger partial charge in [0.05, 0.1) is 19.1 Å². The first kappa shape index (κ1) is 26.9. The summed E-state index contributed by atoms with van der Waals surface area (Å²) < 4.78 is 19.5. The zero-order valence-electron chi connectivity index (χ0n) is 21.2. The van der Waals surface area contributed by atoms with Crippen LogP contribution < -0.4 is 0 Å². The molecule has 0 unspecified atom stereocenters. The molecule has 1 rings (SSSR count). The molecule has 0 aromatic rings. The lowest BCUT2D eigenvalue weighted by Crippen LogP contribution is -2.53. The summed E-state index contributed by atoms with van der Waals surface area (Å²) in [5, 5.41) is 0. The predicted octanol–water partition coefficient (Wildman–Crippen LogP) is 7.05. The van der Waals surface area contributed by atoms with Gasteiger partial charge in [-0.05, 0) is 33.2 Å². The number of cyclic esters (lactones) is 1. The van der Waals surface area contributed by atoms with Crippen LogP contribution in [0.4, 0.5) is 0 Å². The summed E-state index contributed by atoms with van der Waals surface area (Å²) in [6.45, 7) is 27.9. The number of carbonyl (C=O) groups is 1. The molecule has 1 aliphatic heterocycles. The van der Waals surface area contributed by atoms with Crippen LogP contribution in [0.25, 0.3) is 0 Å². The zero-order chi connectivity index (χ0) is 22.7. The summed E-state index contributed by atoms with van der Waals surface area (Å²) in [6.07, 6.45) is -0.109. The van der Waals surface area contributed by atoms with Crippen molar-refractivity contribution in [2.45, 2.75) is 135 Å². The standard InChI is InChI=1S/C23H48O4Si2/c1-15(2)28(16(3)4,17(5)6)25-14-22-21(13-23(24)26-22)27-29(18(7)8,19(9)10)20(11)12/h15-22H,13-14H2,1-12H3/t21-,22+/m1/s1. The van der Waals surface area contributed by atoms with E-state index in [0.717, 1.165) is 0 Å². The third kappa shape index (κ3) is 5.36. The number of esters is 1. The number of rotatable bonds is 11. The fourth-order valence-corrected chi connectivity index (χ4v) is 17.3. The molecule has 0 saturated carbocycles. The molecule has 0 radical (unpaired) electrons. The van der Waals surface area contributed by atoms with Crippen LogP contribution in [-0.2, 0) is 18.4 Å². The molecule has 0 spiro atoms. The molecule has 1 aliphatic rings. The molecular formula is C23H48O4Si2. The Kier molecular flexibility index (Phi) is 9.65. The van der Waals surface area contributed by atoms with Crippen LogP contribution in [0.2, 0.25) is 33.2 Å². The van der Waals surface area contributed by atoms with Gasteiger partial charge in [-0.25, -0.2) is 0 Å². The number of hydrogen-bond acceptors (Lipinski definition) is 4. The summed E-state index contributed by atoms with van der Waals surface area (Å²) in [4.78, 5) is 12.3. The highest BCUT2D eigenvalue weighted by atomic mass is 28.4. The molecular weight excluding hydrogens is 396 g/mol. The van der Waals surface area contributed by atoms with E-state index in [0.29, 0.717) is 46.3 Å². The smallest absolute Gasteiger partial charge is 0.308 e. The van der Waals surface area contributed by atoms with Gasteiger partial charge in [-0.2, -0.15) is 0 Å². The van der Waals surface area contributed by atoms with Crippen molar-refractivity contribution in [3.63, 3.8) is 0 Å². The van der Waals surface area contributed by atoms with Crippen molar-refractivity contribution < 1.29 is 18.4 Å². The average molecular weight is 445 g/mol. The van der Waals surface area contributed by atoms with E-state index in [-0.39, 0.29) is 18.2 Å². The monoisotopic (exact) mass is 444 g/mol. The largest absolute Gasteiger partial charge is 0.457 e. The molecule has 0 aromatic heterocycles. The van der Waals surface area contributed by atoms with E-state index in [1.807, 2.05) is 0 Å². The molecule has 1 heterocycles. The average Bonchev–Trinajstić information content (AvgIpc) is 2.90. The van der Waals surface area contributed by atoms with Crippen molar-refractivity contribution in [1.82, 2.24) is 0 Å². The summed E-state index contributed by atoms with van der Waals surface area (Å²) in [5.74, 6) is -0.145. The fraction of sp³-hybridized carbons (Fsp3) is 0.957. The lowest BCUT2D eigenvalue weighted by atomic mass is 10.2. The van der Waals surface area contributed by atoms with Crippen LogP contribution in [0.15, 0.2) is 0 Å². The van der Waals surface area contributed by atoms with E-state index in [2.05, 4.69) is 83.1 Å². The molecule has 6 heteroatoms. The maximum atomic E-state index is 12.3. The maximum absolute atomic E-state index is 12.3. The fourth-order valence-electron chi connectivity index (χ4n) is 6.24. The minimum Gasteiger partial charge on any atom is -0.457 e. The summed E-state index contributed by atoms with van der Waals surface area (Å²) >= 11 is 0. The predicted molar refractivity (Wildman–Crippen MR) is 127 cm³/mol. The van der Waals surface area contributed by atoms with Crippen molar-refractivity contribution >= 4 is 22.6 Å². The van der Waals surface area contributed by atoms with Crippen molar-refractivity contribution in [2.24, 2.45) is 0 Å². The highest BCUT2D eigenvalue weighted by Crippen LogP contribution is 2.45. The van der Waals surface area contributed by atoms with Crippen molar-refractivity contribution in [3.05, 3.63) is 0 Å². The van der Waals surface area contributed by atoms with Gasteiger partial charge in [0.1, 0.15) is 6.10 Å². The lowest BCUT2D eigenvalue weighted by Gasteiger charge is -2.45. The Hall–Kier alpha value is -0.176. The van der Waals surface area contributed by atoms with Gasteiger partial charge in [-0.15, -0.1) is 0 Å². The second kappa shape index (κ2) is 10.4.